The molecule has 0 aromatic heterocycles. The first-order valence-electron chi connectivity index (χ1n) is 10.6. The summed E-state index contributed by atoms with van der Waals surface area (Å²) in [7, 11) is 1.56. The first kappa shape index (κ1) is 24.8. The van der Waals surface area contributed by atoms with Crippen molar-refractivity contribution in [3.05, 3.63) is 86.3 Å². The van der Waals surface area contributed by atoms with Crippen molar-refractivity contribution in [3.63, 3.8) is 0 Å². The Morgan fingerprint density at radius 3 is 2.54 bits per heavy atom. The molecular formula is C26H21IN2O5S. The van der Waals surface area contributed by atoms with Gasteiger partial charge in [-0.2, -0.15) is 0 Å². The lowest BCUT2D eigenvalue weighted by molar-refractivity contribution is -0.115. The van der Waals surface area contributed by atoms with Gasteiger partial charge in [-0.05, 0) is 101 Å². The molecule has 0 unspecified atom stereocenters. The van der Waals surface area contributed by atoms with Crippen molar-refractivity contribution in [3.8, 4) is 17.2 Å². The Labute approximate surface area is 220 Å². The highest BCUT2D eigenvalue weighted by Crippen LogP contribution is 2.37. The Morgan fingerprint density at radius 1 is 1.11 bits per heavy atom. The lowest BCUT2D eigenvalue weighted by Gasteiger charge is -2.14. The molecule has 35 heavy (non-hydrogen) atoms. The molecule has 0 spiro atoms. The van der Waals surface area contributed by atoms with E-state index in [1.807, 2.05) is 43.3 Å². The van der Waals surface area contributed by atoms with Crippen LogP contribution < -0.4 is 19.5 Å². The number of carbonyl (C=O) groups is 2. The van der Waals surface area contributed by atoms with Gasteiger partial charge in [0.05, 0.1) is 33.4 Å². The van der Waals surface area contributed by atoms with Crippen molar-refractivity contribution < 1.29 is 23.8 Å². The average Bonchev–Trinajstić information content (AvgIpc) is 3.20. The van der Waals surface area contributed by atoms with Gasteiger partial charge in [0.2, 0.25) is 0 Å². The molecular weight excluding hydrogens is 579 g/mol. The number of nitrogens with one attached hydrogen (secondary N) is 1. The van der Waals surface area contributed by atoms with Gasteiger partial charge < -0.3 is 19.5 Å². The number of aliphatic imine (C=N–C) groups is 1. The van der Waals surface area contributed by atoms with Crippen LogP contribution in [-0.4, -0.2) is 30.8 Å². The number of carbonyl (C=O) groups excluding carboxylic acids is 2. The van der Waals surface area contributed by atoms with Gasteiger partial charge in [0.15, 0.2) is 16.7 Å². The second-order valence-corrected chi connectivity index (χ2v) is 9.39. The fourth-order valence-electron chi connectivity index (χ4n) is 3.16. The summed E-state index contributed by atoms with van der Waals surface area (Å²) in [5.41, 5.74) is 1.88. The summed E-state index contributed by atoms with van der Waals surface area (Å²) in [5, 5.41) is 3.30. The normalized spacial score (nSPS) is 15.2. The highest BCUT2D eigenvalue weighted by molar-refractivity contribution is 14.1. The summed E-state index contributed by atoms with van der Waals surface area (Å²) in [4.78, 5) is 30.2. The summed E-state index contributed by atoms with van der Waals surface area (Å²) >= 11 is 3.35. The predicted molar refractivity (Wildman–Crippen MR) is 146 cm³/mol. The molecule has 0 bridgehead atoms. The number of ether oxygens (including phenoxy) is 3. The number of amidine groups is 1. The van der Waals surface area contributed by atoms with Crippen molar-refractivity contribution in [1.82, 2.24) is 5.32 Å². The summed E-state index contributed by atoms with van der Waals surface area (Å²) in [6, 6.07) is 19.6. The molecule has 0 atom stereocenters. The zero-order valence-electron chi connectivity index (χ0n) is 18.9. The Morgan fingerprint density at radius 2 is 1.86 bits per heavy atom. The molecule has 0 aliphatic carbocycles. The Balaban J connectivity index is 1.58. The maximum absolute atomic E-state index is 12.7. The Hall–Kier alpha value is -3.31. The number of esters is 1. The van der Waals surface area contributed by atoms with E-state index in [1.54, 1.807) is 43.5 Å². The molecule has 3 aromatic carbocycles. The number of thioether (sulfide) groups is 1. The molecule has 178 valence electrons. The number of benzene rings is 3. The number of para-hydroxylation sites is 1. The number of rotatable bonds is 7. The maximum atomic E-state index is 12.7. The van der Waals surface area contributed by atoms with E-state index in [4.69, 9.17) is 14.2 Å². The first-order valence-corrected chi connectivity index (χ1v) is 12.5. The molecule has 1 fully saturated rings. The second-order valence-electron chi connectivity index (χ2n) is 7.20. The van der Waals surface area contributed by atoms with Crippen LogP contribution in [0.3, 0.4) is 0 Å². The molecule has 0 radical (unpaired) electrons. The molecule has 1 aliphatic rings. The van der Waals surface area contributed by atoms with Crippen LogP contribution in [0.5, 0.6) is 17.2 Å². The number of amides is 1. The van der Waals surface area contributed by atoms with Gasteiger partial charge in [0.1, 0.15) is 5.75 Å². The minimum Gasteiger partial charge on any atom is -0.497 e. The topological polar surface area (TPSA) is 86.2 Å². The largest absolute Gasteiger partial charge is 0.497 e. The van der Waals surface area contributed by atoms with Crippen molar-refractivity contribution in [2.24, 2.45) is 4.99 Å². The quantitative estimate of drug-likeness (QED) is 0.160. The van der Waals surface area contributed by atoms with Crippen LogP contribution >= 0.6 is 34.4 Å². The smallest absolute Gasteiger partial charge is 0.343 e. The zero-order chi connectivity index (χ0) is 24.8. The fourth-order valence-corrected chi connectivity index (χ4v) is 4.74. The minimum atomic E-state index is -0.509. The van der Waals surface area contributed by atoms with Gasteiger partial charge in [0, 0.05) is 0 Å². The van der Waals surface area contributed by atoms with Crippen LogP contribution in [0.2, 0.25) is 0 Å². The second kappa shape index (κ2) is 11.4. The van der Waals surface area contributed by atoms with Crippen LogP contribution in [0.25, 0.3) is 6.08 Å². The fraction of sp³-hybridized carbons (Fsp3) is 0.115. The van der Waals surface area contributed by atoms with Crippen LogP contribution in [0.1, 0.15) is 22.8 Å². The first-order chi connectivity index (χ1) is 17.0. The molecule has 7 nitrogen and oxygen atoms in total. The van der Waals surface area contributed by atoms with E-state index in [1.165, 1.54) is 11.8 Å². The van der Waals surface area contributed by atoms with Gasteiger partial charge in [-0.15, -0.1) is 0 Å². The van der Waals surface area contributed by atoms with Gasteiger partial charge in [-0.1, -0.05) is 18.2 Å². The number of hydrogen-bond donors (Lipinski definition) is 1. The Kier molecular flexibility index (Phi) is 8.09. The molecule has 1 saturated heterocycles. The maximum Gasteiger partial charge on any atom is 0.343 e. The SMILES string of the molecule is CCOc1cc(/C=C2\SC(=Nc3ccccc3)NC2=O)cc(I)c1OC(=O)c1ccc(OC)cc1. The molecule has 1 heterocycles. The molecule has 1 amide bonds. The van der Waals surface area contributed by atoms with Crippen molar-refractivity contribution in [1.29, 1.82) is 0 Å². The molecule has 1 aliphatic heterocycles. The van der Waals surface area contributed by atoms with E-state index in [9.17, 15) is 9.59 Å². The number of nitrogens with zero attached hydrogens (tertiary/aromatic N) is 1. The molecule has 1 N–H and O–H groups in total. The van der Waals surface area contributed by atoms with Crippen LogP contribution in [0, 0.1) is 3.57 Å². The van der Waals surface area contributed by atoms with Gasteiger partial charge in [-0.3, -0.25) is 4.79 Å². The molecule has 9 heteroatoms. The van der Waals surface area contributed by atoms with Crippen molar-refractivity contribution >= 4 is 63.2 Å². The molecule has 4 rings (SSSR count). The highest BCUT2D eigenvalue weighted by Gasteiger charge is 2.24. The lowest BCUT2D eigenvalue weighted by atomic mass is 10.1. The van der Waals surface area contributed by atoms with Crippen LogP contribution in [0.15, 0.2) is 76.6 Å². The summed E-state index contributed by atoms with van der Waals surface area (Å²) in [6.45, 7) is 2.23. The minimum absolute atomic E-state index is 0.229. The summed E-state index contributed by atoms with van der Waals surface area (Å²) in [6.07, 6.45) is 1.76. The van der Waals surface area contributed by atoms with E-state index in [0.29, 0.717) is 43.1 Å². The van der Waals surface area contributed by atoms with E-state index in [0.717, 1.165) is 11.3 Å². The predicted octanol–water partition coefficient (Wildman–Crippen LogP) is 5.81. The third-order valence-corrected chi connectivity index (χ3v) is 6.50. The number of methoxy groups -OCH3 is 1. The highest BCUT2D eigenvalue weighted by atomic mass is 127. The lowest BCUT2D eigenvalue weighted by Crippen LogP contribution is -2.19. The van der Waals surface area contributed by atoms with E-state index < -0.39 is 5.97 Å². The Bertz CT molecular complexity index is 1310. The van der Waals surface area contributed by atoms with Crippen molar-refractivity contribution in [2.45, 2.75) is 6.92 Å². The van der Waals surface area contributed by atoms with E-state index >= 15 is 0 Å². The number of halogens is 1. The van der Waals surface area contributed by atoms with Crippen LogP contribution in [-0.2, 0) is 4.79 Å². The third kappa shape index (κ3) is 6.23. The molecule has 3 aromatic rings. The average molecular weight is 600 g/mol. The monoisotopic (exact) mass is 600 g/mol. The summed E-state index contributed by atoms with van der Waals surface area (Å²) < 4.78 is 17.2. The van der Waals surface area contributed by atoms with E-state index in [-0.39, 0.29) is 5.91 Å². The van der Waals surface area contributed by atoms with Gasteiger partial charge in [-0.25, -0.2) is 9.79 Å². The standard InChI is InChI=1S/C26H21IN2O5S/c1-3-33-21-14-16(15-22-24(30)29-26(35-22)28-18-7-5-4-6-8-18)13-20(27)23(21)34-25(31)17-9-11-19(32-2)12-10-17/h4-15H,3H2,1-2H3,(H,28,29,30)/b22-15-. The third-order valence-electron chi connectivity index (χ3n) is 4.79. The van der Waals surface area contributed by atoms with Gasteiger partial charge in [0.25, 0.3) is 5.91 Å². The summed E-state index contributed by atoms with van der Waals surface area (Å²) in [5.74, 6) is 0.645. The van der Waals surface area contributed by atoms with Gasteiger partial charge >= 0.3 is 5.97 Å². The number of hydrogen-bond acceptors (Lipinski definition) is 7. The van der Waals surface area contributed by atoms with E-state index in [2.05, 4.69) is 32.9 Å². The zero-order valence-corrected chi connectivity index (χ0v) is 21.9. The van der Waals surface area contributed by atoms with Crippen LogP contribution in [0.4, 0.5) is 5.69 Å². The molecule has 0 saturated carbocycles. The van der Waals surface area contributed by atoms with Crippen molar-refractivity contribution in [2.75, 3.05) is 13.7 Å².